The van der Waals surface area contributed by atoms with Crippen molar-refractivity contribution in [2.24, 2.45) is 0 Å². The quantitative estimate of drug-likeness (QED) is 0.725. The first-order valence-corrected chi connectivity index (χ1v) is 8.09. The highest BCUT2D eigenvalue weighted by molar-refractivity contribution is 8.00. The first kappa shape index (κ1) is 13.3. The number of fused-ring (bicyclic) bond motifs is 2. The van der Waals surface area contributed by atoms with Gasteiger partial charge in [-0.25, -0.2) is 0 Å². The molecule has 2 N–H and O–H groups in total. The topological polar surface area (TPSA) is 70.7 Å². The van der Waals surface area contributed by atoms with Crippen LogP contribution in [-0.2, 0) is 4.79 Å². The zero-order valence-corrected chi connectivity index (χ0v) is 12.8. The van der Waals surface area contributed by atoms with Crippen LogP contribution in [0.2, 0.25) is 0 Å². The van der Waals surface area contributed by atoms with E-state index < -0.39 is 0 Å². The van der Waals surface area contributed by atoms with Gasteiger partial charge in [-0.1, -0.05) is 24.3 Å². The number of para-hydroxylation sites is 1. The van der Waals surface area contributed by atoms with Crippen LogP contribution in [0.1, 0.15) is 22.1 Å². The molecule has 0 saturated heterocycles. The molecule has 2 aromatic heterocycles. The van der Waals surface area contributed by atoms with Gasteiger partial charge in [-0.3, -0.25) is 14.9 Å². The third-order valence-corrected chi connectivity index (χ3v) is 5.09. The fourth-order valence-corrected chi connectivity index (χ4v) is 4.06. The molecule has 1 amide bonds. The minimum absolute atomic E-state index is 0.0200. The Labute approximate surface area is 131 Å². The van der Waals surface area contributed by atoms with E-state index in [1.807, 2.05) is 19.1 Å². The number of rotatable bonds is 1. The Morgan fingerprint density at radius 2 is 2.14 bits per heavy atom. The molecule has 0 unspecified atom stereocenters. The summed E-state index contributed by atoms with van der Waals surface area (Å²) >= 11 is 1.61. The number of benzene rings is 1. The molecule has 0 bridgehead atoms. The molecule has 0 aliphatic carbocycles. The summed E-state index contributed by atoms with van der Waals surface area (Å²) in [5.74, 6) is 1.02. The van der Waals surface area contributed by atoms with Crippen molar-refractivity contribution in [1.29, 1.82) is 0 Å². The van der Waals surface area contributed by atoms with Crippen molar-refractivity contribution in [3.63, 3.8) is 0 Å². The SMILES string of the molecule is Cc1[nH]nc2c1[C@@H](c1cccc3cccnc13)SCC(=O)N2. The third kappa shape index (κ3) is 2.07. The molecule has 0 spiro atoms. The Kier molecular flexibility index (Phi) is 3.11. The summed E-state index contributed by atoms with van der Waals surface area (Å²) in [7, 11) is 0. The summed E-state index contributed by atoms with van der Waals surface area (Å²) in [6.07, 6.45) is 1.81. The first-order valence-electron chi connectivity index (χ1n) is 7.04. The van der Waals surface area contributed by atoms with Crippen LogP contribution in [0.4, 0.5) is 5.82 Å². The van der Waals surface area contributed by atoms with E-state index in [4.69, 9.17) is 0 Å². The lowest BCUT2D eigenvalue weighted by Crippen LogP contribution is -2.12. The van der Waals surface area contributed by atoms with E-state index in [1.165, 1.54) is 0 Å². The van der Waals surface area contributed by atoms with Crippen molar-refractivity contribution >= 4 is 34.4 Å². The molecule has 3 heterocycles. The summed E-state index contributed by atoms with van der Waals surface area (Å²) in [5.41, 5.74) is 4.10. The Morgan fingerprint density at radius 3 is 3.05 bits per heavy atom. The van der Waals surface area contributed by atoms with Gasteiger partial charge in [0.2, 0.25) is 5.91 Å². The predicted octanol–water partition coefficient (Wildman–Crippen LogP) is 3.04. The summed E-state index contributed by atoms with van der Waals surface area (Å²) in [6.45, 7) is 1.98. The highest BCUT2D eigenvalue weighted by atomic mass is 32.2. The zero-order valence-electron chi connectivity index (χ0n) is 12.0. The van der Waals surface area contributed by atoms with Crippen LogP contribution >= 0.6 is 11.8 Å². The molecule has 110 valence electrons. The monoisotopic (exact) mass is 310 g/mol. The highest BCUT2D eigenvalue weighted by Gasteiger charge is 2.29. The number of nitrogens with one attached hydrogen (secondary N) is 2. The standard InChI is InChI=1S/C16H14N4OS/c1-9-13-15(22-8-12(21)18-16(13)20-19-9)11-6-2-4-10-5-3-7-17-14(10)11/h2-7,15H,8H2,1H3,(H2,18,19,20,21)/t15-/m1/s1. The summed E-state index contributed by atoms with van der Waals surface area (Å²) in [5, 5.41) is 11.2. The van der Waals surface area contributed by atoms with Crippen LogP contribution in [0.25, 0.3) is 10.9 Å². The van der Waals surface area contributed by atoms with E-state index in [-0.39, 0.29) is 11.2 Å². The van der Waals surface area contributed by atoms with E-state index in [2.05, 4.69) is 38.7 Å². The number of amides is 1. The molecule has 4 rings (SSSR count). The number of carbonyl (C=O) groups is 1. The van der Waals surface area contributed by atoms with Crippen LogP contribution < -0.4 is 5.32 Å². The third-order valence-electron chi connectivity index (χ3n) is 3.84. The molecular formula is C16H14N4OS. The molecule has 0 radical (unpaired) electrons. The number of carbonyl (C=O) groups excluding carboxylic acids is 1. The Balaban J connectivity index is 1.94. The average molecular weight is 310 g/mol. The lowest BCUT2D eigenvalue weighted by Gasteiger charge is -2.16. The fraction of sp³-hybridized carbons (Fsp3) is 0.188. The van der Waals surface area contributed by atoms with Gasteiger partial charge < -0.3 is 5.32 Å². The largest absolute Gasteiger partial charge is 0.308 e. The van der Waals surface area contributed by atoms with Gasteiger partial charge in [0.1, 0.15) is 0 Å². The number of aromatic amines is 1. The molecule has 22 heavy (non-hydrogen) atoms. The van der Waals surface area contributed by atoms with E-state index in [9.17, 15) is 4.79 Å². The Morgan fingerprint density at radius 1 is 1.27 bits per heavy atom. The van der Waals surface area contributed by atoms with Crippen molar-refractivity contribution in [2.45, 2.75) is 12.2 Å². The van der Waals surface area contributed by atoms with Crippen molar-refractivity contribution in [3.05, 3.63) is 53.3 Å². The minimum atomic E-state index is -0.0200. The van der Waals surface area contributed by atoms with Crippen LogP contribution in [0, 0.1) is 6.92 Å². The number of H-pyrrole nitrogens is 1. The van der Waals surface area contributed by atoms with Gasteiger partial charge in [0, 0.05) is 22.8 Å². The molecule has 3 aromatic rings. The number of anilines is 1. The maximum Gasteiger partial charge on any atom is 0.235 e. The predicted molar refractivity (Wildman–Crippen MR) is 88.0 cm³/mol. The van der Waals surface area contributed by atoms with Crippen molar-refractivity contribution < 1.29 is 4.79 Å². The van der Waals surface area contributed by atoms with E-state index >= 15 is 0 Å². The minimum Gasteiger partial charge on any atom is -0.308 e. The van der Waals surface area contributed by atoms with Gasteiger partial charge in [0.25, 0.3) is 0 Å². The average Bonchev–Trinajstić information content (AvgIpc) is 2.79. The lowest BCUT2D eigenvalue weighted by molar-refractivity contribution is -0.113. The molecule has 0 saturated carbocycles. The van der Waals surface area contributed by atoms with Crippen LogP contribution in [0.3, 0.4) is 0 Å². The Hall–Kier alpha value is -2.34. The zero-order chi connectivity index (χ0) is 15.1. The second kappa shape index (κ2) is 5.14. The number of pyridine rings is 1. The molecule has 1 aliphatic heterocycles. The van der Waals surface area contributed by atoms with Crippen molar-refractivity contribution in [1.82, 2.24) is 15.2 Å². The first-order chi connectivity index (χ1) is 10.7. The normalized spacial score (nSPS) is 17.9. The maximum absolute atomic E-state index is 11.9. The van der Waals surface area contributed by atoms with Crippen LogP contribution in [0.5, 0.6) is 0 Å². The fourth-order valence-electron chi connectivity index (χ4n) is 2.85. The number of aromatic nitrogens is 3. The number of thioether (sulfide) groups is 1. The van der Waals surface area contributed by atoms with Crippen molar-refractivity contribution in [3.8, 4) is 0 Å². The van der Waals surface area contributed by atoms with Crippen LogP contribution in [0.15, 0.2) is 36.5 Å². The number of nitrogens with zero attached hydrogens (tertiary/aromatic N) is 2. The van der Waals surface area contributed by atoms with Crippen LogP contribution in [-0.4, -0.2) is 26.8 Å². The summed E-state index contributed by atoms with van der Waals surface area (Å²) in [4.78, 5) is 16.4. The molecule has 1 atom stereocenters. The molecule has 1 aromatic carbocycles. The highest BCUT2D eigenvalue weighted by Crippen LogP contribution is 2.43. The second-order valence-electron chi connectivity index (χ2n) is 5.27. The maximum atomic E-state index is 11.9. The molecular weight excluding hydrogens is 296 g/mol. The van der Waals surface area contributed by atoms with E-state index in [0.29, 0.717) is 11.6 Å². The molecule has 6 heteroatoms. The number of aryl methyl sites for hydroxylation is 1. The van der Waals surface area contributed by atoms with Crippen molar-refractivity contribution in [2.75, 3.05) is 11.1 Å². The van der Waals surface area contributed by atoms with Gasteiger partial charge in [-0.05, 0) is 18.6 Å². The van der Waals surface area contributed by atoms with E-state index in [1.54, 1.807) is 18.0 Å². The van der Waals surface area contributed by atoms with E-state index in [0.717, 1.165) is 27.7 Å². The smallest absolute Gasteiger partial charge is 0.235 e. The van der Waals surface area contributed by atoms with Gasteiger partial charge in [-0.2, -0.15) is 5.10 Å². The molecule has 1 aliphatic rings. The van der Waals surface area contributed by atoms with Gasteiger partial charge >= 0.3 is 0 Å². The number of hydrogen-bond donors (Lipinski definition) is 2. The van der Waals surface area contributed by atoms with Gasteiger partial charge in [0.15, 0.2) is 5.82 Å². The summed E-state index contributed by atoms with van der Waals surface area (Å²) in [6, 6.07) is 10.2. The summed E-state index contributed by atoms with van der Waals surface area (Å²) < 4.78 is 0. The number of hydrogen-bond acceptors (Lipinski definition) is 4. The Bertz CT molecular complexity index is 868. The van der Waals surface area contributed by atoms with Gasteiger partial charge in [-0.15, -0.1) is 11.8 Å². The second-order valence-corrected chi connectivity index (χ2v) is 6.37. The lowest BCUT2D eigenvalue weighted by atomic mass is 10.0. The molecule has 0 fully saturated rings. The van der Waals surface area contributed by atoms with Gasteiger partial charge in [0.05, 0.1) is 16.5 Å². The molecule has 5 nitrogen and oxygen atoms in total.